The third kappa shape index (κ3) is 6.23. The Morgan fingerprint density at radius 2 is 1.80 bits per heavy atom. The fourth-order valence-corrected chi connectivity index (χ4v) is 5.94. The average Bonchev–Trinajstić information content (AvgIpc) is 3.42. The fraction of sp³-hybridized carbons (Fsp3) is 0.455. The molecular formula is C33H37N7O4. The molecule has 11 nitrogen and oxygen atoms in total. The smallest absolute Gasteiger partial charge is 0.410 e. The standard InChI is InChI=1S/C33H37N7O4/c1-33(2,3)44-37-28(22-8-6-21(7-9-22)20-40-16-17-43-32(40)42)23-10-13-25(14-11-23)38(4)30-26(19-35)31(41)39(5)27-15-12-24(18-34)36-29(27)30/h6-9,12,15,23,25H,10-11,13-14,16-17,20H2,1-5H3/b37-28-/t23-,25+. The first kappa shape index (κ1) is 30.6. The second kappa shape index (κ2) is 12.4. The van der Waals surface area contributed by atoms with E-state index in [1.165, 1.54) is 4.57 Å². The van der Waals surface area contributed by atoms with Crippen molar-refractivity contribution in [3.8, 4) is 12.1 Å². The number of amides is 1. The number of hydrogen-bond donors (Lipinski definition) is 0. The third-order valence-electron chi connectivity index (χ3n) is 8.31. The highest BCUT2D eigenvalue weighted by Crippen LogP contribution is 2.35. The van der Waals surface area contributed by atoms with Crippen LogP contribution in [-0.4, -0.2) is 58.1 Å². The van der Waals surface area contributed by atoms with Crippen molar-refractivity contribution in [3.63, 3.8) is 0 Å². The van der Waals surface area contributed by atoms with Crippen LogP contribution in [-0.2, 0) is 23.2 Å². The quantitative estimate of drug-likeness (QED) is 0.279. The van der Waals surface area contributed by atoms with Crippen LogP contribution in [0.1, 0.15) is 68.8 Å². The third-order valence-corrected chi connectivity index (χ3v) is 8.31. The topological polar surface area (TPSA) is 137 Å². The number of fused-ring (bicyclic) bond motifs is 1. The SMILES string of the molecule is Cn1c(=O)c(C#N)c(N(C)[C@H]2CC[C@@H](/C(=N\OC(C)(C)C)c3ccc(CN4CCOC4=O)cc3)CC2)c2nc(C#N)ccc21. The Labute approximate surface area is 256 Å². The first-order valence-electron chi connectivity index (χ1n) is 14.8. The lowest BCUT2D eigenvalue weighted by Crippen LogP contribution is -2.39. The molecule has 228 valence electrons. The molecule has 0 unspecified atom stereocenters. The number of aromatic nitrogens is 2. The molecule has 1 saturated carbocycles. The summed E-state index contributed by atoms with van der Waals surface area (Å²) in [4.78, 5) is 39.1. The molecule has 1 aliphatic carbocycles. The van der Waals surface area contributed by atoms with Crippen molar-refractivity contribution >= 4 is 28.5 Å². The minimum atomic E-state index is -0.456. The van der Waals surface area contributed by atoms with Gasteiger partial charge in [-0.1, -0.05) is 29.4 Å². The number of aryl methyl sites for hydroxylation is 1. The number of oxime groups is 1. The Balaban J connectivity index is 1.39. The van der Waals surface area contributed by atoms with Crippen LogP contribution in [0, 0.1) is 28.6 Å². The van der Waals surface area contributed by atoms with Crippen molar-refractivity contribution < 1.29 is 14.4 Å². The van der Waals surface area contributed by atoms with Crippen molar-refractivity contribution in [1.82, 2.24) is 14.5 Å². The minimum absolute atomic E-state index is 0.0234. The van der Waals surface area contributed by atoms with Crippen molar-refractivity contribution in [3.05, 3.63) is 69.1 Å². The van der Waals surface area contributed by atoms with Gasteiger partial charge in [-0.2, -0.15) is 10.5 Å². The molecule has 0 spiro atoms. The van der Waals surface area contributed by atoms with Gasteiger partial charge in [-0.3, -0.25) is 4.79 Å². The first-order chi connectivity index (χ1) is 21.0. The van der Waals surface area contributed by atoms with Gasteiger partial charge >= 0.3 is 6.09 Å². The van der Waals surface area contributed by atoms with Crippen LogP contribution >= 0.6 is 0 Å². The van der Waals surface area contributed by atoms with E-state index >= 15 is 0 Å². The number of hydrogen-bond acceptors (Lipinski definition) is 9. The van der Waals surface area contributed by atoms with Crippen LogP contribution in [0.15, 0.2) is 46.3 Å². The second-order valence-corrected chi connectivity index (χ2v) is 12.4. The summed E-state index contributed by atoms with van der Waals surface area (Å²) in [5, 5.41) is 24.1. The molecule has 1 amide bonds. The Morgan fingerprint density at radius 1 is 1.09 bits per heavy atom. The van der Waals surface area contributed by atoms with Crippen molar-refractivity contribution in [2.45, 2.75) is 64.6 Å². The van der Waals surface area contributed by atoms with Crippen LogP contribution < -0.4 is 10.5 Å². The minimum Gasteiger partial charge on any atom is -0.448 e. The molecule has 2 aromatic heterocycles. The summed E-state index contributed by atoms with van der Waals surface area (Å²) < 4.78 is 6.46. The van der Waals surface area contributed by atoms with Gasteiger partial charge < -0.3 is 23.9 Å². The van der Waals surface area contributed by atoms with Crippen molar-refractivity contribution in [2.75, 3.05) is 25.1 Å². The molecule has 2 fully saturated rings. The molecule has 1 saturated heterocycles. The van der Waals surface area contributed by atoms with E-state index < -0.39 is 5.60 Å². The van der Waals surface area contributed by atoms with Gasteiger partial charge in [0.25, 0.3) is 5.56 Å². The average molecular weight is 596 g/mol. The first-order valence-corrected chi connectivity index (χ1v) is 14.8. The summed E-state index contributed by atoms with van der Waals surface area (Å²) in [5.74, 6) is 0.139. The molecule has 1 aromatic carbocycles. The normalized spacial score (nSPS) is 18.9. The molecule has 3 heterocycles. The summed E-state index contributed by atoms with van der Waals surface area (Å²) in [6.45, 7) is 7.39. The van der Waals surface area contributed by atoms with Gasteiger partial charge in [-0.15, -0.1) is 0 Å². The zero-order valence-corrected chi connectivity index (χ0v) is 25.8. The Morgan fingerprint density at radius 3 is 2.39 bits per heavy atom. The summed E-state index contributed by atoms with van der Waals surface area (Å²) in [6, 6.07) is 15.6. The predicted molar refractivity (Wildman–Crippen MR) is 166 cm³/mol. The molecule has 3 aromatic rings. The van der Waals surface area contributed by atoms with E-state index in [-0.39, 0.29) is 34.9 Å². The van der Waals surface area contributed by atoms with Crippen LogP contribution in [0.25, 0.3) is 11.0 Å². The summed E-state index contributed by atoms with van der Waals surface area (Å²) in [5.41, 5.74) is 3.77. The van der Waals surface area contributed by atoms with Gasteiger partial charge in [0, 0.05) is 32.6 Å². The predicted octanol–water partition coefficient (Wildman–Crippen LogP) is 4.84. The summed E-state index contributed by atoms with van der Waals surface area (Å²) in [6.07, 6.45) is 2.95. The summed E-state index contributed by atoms with van der Waals surface area (Å²) in [7, 11) is 3.51. The van der Waals surface area contributed by atoms with Crippen LogP contribution in [0.2, 0.25) is 0 Å². The number of carbonyl (C=O) groups excluding carboxylic acids is 1. The molecule has 5 rings (SSSR count). The number of rotatable bonds is 7. The van der Waals surface area contributed by atoms with Gasteiger partial charge in [-0.25, -0.2) is 9.78 Å². The number of ether oxygens (including phenoxy) is 1. The largest absolute Gasteiger partial charge is 0.448 e. The molecule has 2 aliphatic rings. The van der Waals surface area contributed by atoms with Crippen LogP contribution in [0.5, 0.6) is 0 Å². The van der Waals surface area contributed by atoms with E-state index in [1.807, 2.05) is 57.0 Å². The molecule has 44 heavy (non-hydrogen) atoms. The monoisotopic (exact) mass is 595 g/mol. The lowest BCUT2D eigenvalue weighted by atomic mass is 9.80. The molecule has 0 bridgehead atoms. The van der Waals surface area contributed by atoms with E-state index in [2.05, 4.69) is 22.3 Å². The molecular weight excluding hydrogens is 558 g/mol. The second-order valence-electron chi connectivity index (χ2n) is 12.4. The Hall–Kier alpha value is -4.90. The molecule has 11 heteroatoms. The molecule has 0 radical (unpaired) electrons. The van der Waals surface area contributed by atoms with Gasteiger partial charge in [0.2, 0.25) is 0 Å². The number of benzene rings is 1. The number of pyridine rings is 2. The van der Waals surface area contributed by atoms with Crippen molar-refractivity contribution in [2.24, 2.45) is 18.1 Å². The zero-order valence-electron chi connectivity index (χ0n) is 25.8. The molecule has 0 atom stereocenters. The molecule has 1 aliphatic heterocycles. The van der Waals surface area contributed by atoms with Gasteiger partial charge in [-0.05, 0) is 69.7 Å². The Bertz CT molecular complexity index is 1730. The Kier molecular flexibility index (Phi) is 8.59. The van der Waals surface area contributed by atoms with E-state index in [0.29, 0.717) is 36.4 Å². The van der Waals surface area contributed by atoms with E-state index in [9.17, 15) is 20.1 Å². The van der Waals surface area contributed by atoms with Crippen LogP contribution in [0.4, 0.5) is 10.5 Å². The number of cyclic esters (lactones) is 1. The lowest BCUT2D eigenvalue weighted by Gasteiger charge is -2.37. The van der Waals surface area contributed by atoms with Gasteiger partial charge in [0.1, 0.15) is 41.1 Å². The van der Waals surface area contributed by atoms with E-state index in [0.717, 1.165) is 42.5 Å². The van der Waals surface area contributed by atoms with Gasteiger partial charge in [0.15, 0.2) is 0 Å². The summed E-state index contributed by atoms with van der Waals surface area (Å²) >= 11 is 0. The maximum absolute atomic E-state index is 13.1. The number of nitriles is 2. The molecule has 0 N–H and O–H groups in total. The number of carbonyl (C=O) groups is 1. The van der Waals surface area contributed by atoms with E-state index in [4.69, 9.17) is 9.57 Å². The highest BCUT2D eigenvalue weighted by Gasteiger charge is 2.32. The maximum Gasteiger partial charge on any atom is 0.410 e. The van der Waals surface area contributed by atoms with Crippen molar-refractivity contribution in [1.29, 1.82) is 10.5 Å². The highest BCUT2D eigenvalue weighted by atomic mass is 16.6. The highest BCUT2D eigenvalue weighted by molar-refractivity contribution is 6.02. The number of anilines is 1. The van der Waals surface area contributed by atoms with Crippen LogP contribution in [0.3, 0.4) is 0 Å². The zero-order chi connectivity index (χ0) is 31.6. The number of nitrogens with zero attached hydrogens (tertiary/aromatic N) is 7. The fourth-order valence-electron chi connectivity index (χ4n) is 5.94. The lowest BCUT2D eigenvalue weighted by molar-refractivity contribution is -0.0000309. The van der Waals surface area contributed by atoms with E-state index in [1.54, 1.807) is 24.1 Å². The van der Waals surface area contributed by atoms with Gasteiger partial charge in [0.05, 0.1) is 23.5 Å². The maximum atomic E-state index is 13.1.